The van der Waals surface area contributed by atoms with Crippen LogP contribution >= 0.6 is 11.3 Å². The van der Waals surface area contributed by atoms with Gasteiger partial charge in [-0.2, -0.15) is 0 Å². The lowest BCUT2D eigenvalue weighted by Crippen LogP contribution is -2.42. The highest BCUT2D eigenvalue weighted by atomic mass is 32.1. The summed E-state index contributed by atoms with van der Waals surface area (Å²) in [5.74, 6) is 0.00418. The topological polar surface area (TPSA) is 48.9 Å². The molecule has 2 rings (SSSR count). The van der Waals surface area contributed by atoms with E-state index in [1.807, 2.05) is 26.5 Å². The minimum Gasteiger partial charge on any atom is -0.379 e. The molecule has 0 spiro atoms. The number of ether oxygens (including phenoxy) is 1. The summed E-state index contributed by atoms with van der Waals surface area (Å²) in [5.41, 5.74) is 0.557. The molecule has 21 heavy (non-hydrogen) atoms. The first-order valence-corrected chi connectivity index (χ1v) is 8.09. The summed E-state index contributed by atoms with van der Waals surface area (Å²) < 4.78 is 5.32. The van der Waals surface area contributed by atoms with E-state index in [2.05, 4.69) is 14.8 Å². The molecule has 1 amide bonds. The van der Waals surface area contributed by atoms with Gasteiger partial charge >= 0.3 is 0 Å². The van der Waals surface area contributed by atoms with Crippen molar-refractivity contribution >= 4 is 17.2 Å². The van der Waals surface area contributed by atoms with E-state index < -0.39 is 0 Å². The second-order valence-corrected chi connectivity index (χ2v) is 6.49. The Labute approximate surface area is 130 Å². The second kappa shape index (κ2) is 7.84. The molecular formula is C14H24N4O2S. The summed E-state index contributed by atoms with van der Waals surface area (Å²) in [7, 11) is 5.84. The average molecular weight is 312 g/mol. The number of amides is 1. The first kappa shape index (κ1) is 16.4. The minimum absolute atomic E-state index is 0.00418. The molecule has 7 heteroatoms. The maximum Gasteiger partial charge on any atom is 0.273 e. The zero-order valence-corrected chi connectivity index (χ0v) is 13.9. The Hall–Kier alpha value is -1.02. The van der Waals surface area contributed by atoms with Gasteiger partial charge in [0.1, 0.15) is 10.7 Å². The van der Waals surface area contributed by atoms with Gasteiger partial charge < -0.3 is 14.5 Å². The molecule has 0 radical (unpaired) electrons. The lowest BCUT2D eigenvalue weighted by Gasteiger charge is -2.28. The van der Waals surface area contributed by atoms with Gasteiger partial charge in [0.05, 0.1) is 13.2 Å². The summed E-state index contributed by atoms with van der Waals surface area (Å²) in [4.78, 5) is 22.9. The third kappa shape index (κ3) is 5.03. The van der Waals surface area contributed by atoms with Crippen molar-refractivity contribution in [3.8, 4) is 0 Å². The molecule has 0 saturated carbocycles. The summed E-state index contributed by atoms with van der Waals surface area (Å²) in [5, 5.41) is 2.83. The zero-order chi connectivity index (χ0) is 15.2. The standard InChI is InChI=1S/C14H24N4O2S/c1-16(2)10-13-15-12(11-21-13)14(19)17(3)4-5-18-6-8-20-9-7-18/h11H,4-10H2,1-3H3. The molecule has 1 saturated heterocycles. The number of rotatable bonds is 6. The molecule has 0 bridgehead atoms. The van der Waals surface area contributed by atoms with E-state index in [-0.39, 0.29) is 5.91 Å². The van der Waals surface area contributed by atoms with E-state index >= 15 is 0 Å². The monoisotopic (exact) mass is 312 g/mol. The number of morpholine rings is 1. The van der Waals surface area contributed by atoms with E-state index in [9.17, 15) is 4.79 Å². The van der Waals surface area contributed by atoms with Crippen molar-refractivity contribution in [2.45, 2.75) is 6.54 Å². The summed E-state index contributed by atoms with van der Waals surface area (Å²) in [6.07, 6.45) is 0. The molecule has 6 nitrogen and oxygen atoms in total. The number of hydrogen-bond acceptors (Lipinski definition) is 6. The van der Waals surface area contributed by atoms with E-state index in [0.717, 1.165) is 50.9 Å². The number of nitrogens with zero attached hydrogens (tertiary/aromatic N) is 4. The predicted octanol–water partition coefficient (Wildman–Crippen LogP) is 0.609. The predicted molar refractivity (Wildman–Crippen MR) is 83.7 cm³/mol. The summed E-state index contributed by atoms with van der Waals surface area (Å²) in [6.45, 7) is 5.86. The maximum absolute atomic E-state index is 12.3. The Morgan fingerprint density at radius 2 is 2.10 bits per heavy atom. The third-order valence-corrected chi connectivity index (χ3v) is 4.26. The molecule has 1 aromatic heterocycles. The lowest BCUT2D eigenvalue weighted by molar-refractivity contribution is 0.0338. The van der Waals surface area contributed by atoms with Crippen LogP contribution in [0.2, 0.25) is 0 Å². The second-order valence-electron chi connectivity index (χ2n) is 5.54. The van der Waals surface area contributed by atoms with Crippen molar-refractivity contribution < 1.29 is 9.53 Å². The van der Waals surface area contributed by atoms with E-state index in [4.69, 9.17) is 4.74 Å². The highest BCUT2D eigenvalue weighted by Crippen LogP contribution is 2.12. The van der Waals surface area contributed by atoms with Crippen LogP contribution in [0.5, 0.6) is 0 Å². The SMILES string of the molecule is CN(C)Cc1nc(C(=O)N(C)CCN2CCOCC2)cs1. The van der Waals surface area contributed by atoms with Gasteiger partial charge in [-0.3, -0.25) is 9.69 Å². The molecule has 0 unspecified atom stereocenters. The van der Waals surface area contributed by atoms with Crippen LogP contribution in [-0.2, 0) is 11.3 Å². The number of carbonyl (C=O) groups is 1. The van der Waals surface area contributed by atoms with Crippen LogP contribution in [0.1, 0.15) is 15.5 Å². The number of aromatic nitrogens is 1. The molecular weight excluding hydrogens is 288 g/mol. The fraction of sp³-hybridized carbons (Fsp3) is 0.714. The Morgan fingerprint density at radius 1 is 1.38 bits per heavy atom. The van der Waals surface area contributed by atoms with Crippen molar-refractivity contribution in [2.24, 2.45) is 0 Å². The van der Waals surface area contributed by atoms with E-state index in [1.165, 1.54) is 0 Å². The molecule has 0 aliphatic carbocycles. The fourth-order valence-electron chi connectivity index (χ4n) is 2.17. The minimum atomic E-state index is 0.00418. The van der Waals surface area contributed by atoms with Crippen LogP contribution in [0.3, 0.4) is 0 Å². The number of hydrogen-bond donors (Lipinski definition) is 0. The average Bonchev–Trinajstić information content (AvgIpc) is 2.92. The van der Waals surface area contributed by atoms with Gasteiger partial charge in [-0.25, -0.2) is 4.98 Å². The van der Waals surface area contributed by atoms with Gasteiger partial charge in [0.15, 0.2) is 0 Å². The Kier molecular flexibility index (Phi) is 6.10. The van der Waals surface area contributed by atoms with Crippen molar-refractivity contribution in [3.63, 3.8) is 0 Å². The van der Waals surface area contributed by atoms with Crippen LogP contribution in [0.15, 0.2) is 5.38 Å². The molecule has 1 aromatic rings. The van der Waals surface area contributed by atoms with Gasteiger partial charge in [0, 0.05) is 45.2 Å². The van der Waals surface area contributed by atoms with Crippen LogP contribution < -0.4 is 0 Å². The van der Waals surface area contributed by atoms with Crippen molar-refractivity contribution in [3.05, 3.63) is 16.1 Å². The normalized spacial score (nSPS) is 16.4. The molecule has 0 atom stereocenters. The van der Waals surface area contributed by atoms with Gasteiger partial charge in [-0.05, 0) is 14.1 Å². The summed E-state index contributed by atoms with van der Waals surface area (Å²) >= 11 is 1.54. The first-order valence-electron chi connectivity index (χ1n) is 7.21. The highest BCUT2D eigenvalue weighted by Gasteiger charge is 2.17. The van der Waals surface area contributed by atoms with Crippen LogP contribution in [0.4, 0.5) is 0 Å². The number of thiazole rings is 1. The third-order valence-electron chi connectivity index (χ3n) is 3.42. The maximum atomic E-state index is 12.3. The summed E-state index contributed by atoms with van der Waals surface area (Å²) in [6, 6.07) is 0. The number of carbonyl (C=O) groups excluding carboxylic acids is 1. The molecule has 118 valence electrons. The molecule has 1 aliphatic heterocycles. The quantitative estimate of drug-likeness (QED) is 0.770. The lowest BCUT2D eigenvalue weighted by atomic mass is 10.3. The largest absolute Gasteiger partial charge is 0.379 e. The van der Waals surface area contributed by atoms with Gasteiger partial charge in [0.25, 0.3) is 5.91 Å². The fourth-order valence-corrected chi connectivity index (χ4v) is 3.05. The molecule has 1 aliphatic rings. The zero-order valence-electron chi connectivity index (χ0n) is 13.0. The first-order chi connectivity index (χ1) is 10.1. The van der Waals surface area contributed by atoms with Crippen LogP contribution in [0, 0.1) is 0 Å². The molecule has 1 fully saturated rings. The van der Waals surface area contributed by atoms with Gasteiger partial charge in [0.2, 0.25) is 0 Å². The smallest absolute Gasteiger partial charge is 0.273 e. The Bertz CT molecular complexity index is 458. The molecule has 0 aromatic carbocycles. The van der Waals surface area contributed by atoms with Crippen molar-refractivity contribution in [2.75, 3.05) is 60.5 Å². The van der Waals surface area contributed by atoms with E-state index in [0.29, 0.717) is 5.69 Å². The van der Waals surface area contributed by atoms with E-state index in [1.54, 1.807) is 16.2 Å². The highest BCUT2D eigenvalue weighted by molar-refractivity contribution is 7.09. The Balaban J connectivity index is 1.82. The molecule has 2 heterocycles. The molecule has 0 N–H and O–H groups in total. The van der Waals surface area contributed by atoms with Crippen LogP contribution in [-0.4, -0.2) is 86.1 Å². The van der Waals surface area contributed by atoms with Crippen molar-refractivity contribution in [1.29, 1.82) is 0 Å². The van der Waals surface area contributed by atoms with Crippen molar-refractivity contribution in [1.82, 2.24) is 19.7 Å². The Morgan fingerprint density at radius 3 is 2.76 bits per heavy atom. The van der Waals surface area contributed by atoms with Gasteiger partial charge in [-0.15, -0.1) is 11.3 Å². The van der Waals surface area contributed by atoms with Gasteiger partial charge in [-0.1, -0.05) is 0 Å². The number of likely N-dealkylation sites (N-methyl/N-ethyl adjacent to an activating group) is 1. The van der Waals surface area contributed by atoms with Crippen LogP contribution in [0.25, 0.3) is 0 Å².